The second-order valence-electron chi connectivity index (χ2n) is 3.82. The van der Waals surface area contributed by atoms with E-state index in [4.69, 9.17) is 0 Å². The number of piperidine rings is 1. The van der Waals surface area contributed by atoms with Crippen molar-refractivity contribution >= 4 is 0 Å². The zero-order valence-electron chi connectivity index (χ0n) is 7.93. The Morgan fingerprint density at radius 3 is 2.91 bits per heavy atom. The summed E-state index contributed by atoms with van der Waals surface area (Å²) in [6.07, 6.45) is 2.73. The lowest BCUT2D eigenvalue weighted by Gasteiger charge is -2.35. The van der Waals surface area contributed by atoms with Crippen molar-refractivity contribution in [1.82, 2.24) is 10.2 Å². The van der Waals surface area contributed by atoms with Gasteiger partial charge in [0.05, 0.1) is 0 Å². The van der Waals surface area contributed by atoms with Crippen molar-refractivity contribution in [3.63, 3.8) is 0 Å². The van der Waals surface area contributed by atoms with E-state index < -0.39 is 0 Å². The van der Waals surface area contributed by atoms with Crippen molar-refractivity contribution in [2.24, 2.45) is 5.92 Å². The maximum Gasteiger partial charge on any atom is 0.0220 e. The molecule has 1 aliphatic rings. The Morgan fingerprint density at radius 2 is 2.27 bits per heavy atom. The molecule has 2 unspecified atom stereocenters. The van der Waals surface area contributed by atoms with Crippen molar-refractivity contribution in [3.8, 4) is 0 Å². The van der Waals surface area contributed by atoms with Gasteiger partial charge >= 0.3 is 0 Å². The summed E-state index contributed by atoms with van der Waals surface area (Å²) in [6, 6.07) is 0.767. The molecule has 1 aliphatic heterocycles. The minimum atomic E-state index is 0.767. The Balaban J connectivity index is 2.34. The molecule has 0 saturated carbocycles. The Labute approximate surface area is 70.0 Å². The number of likely N-dealkylation sites (N-methyl/N-ethyl adjacent to an activating group) is 2. The molecular formula is C9H20N2. The number of nitrogens with zero attached hydrogens (tertiary/aromatic N) is 1. The van der Waals surface area contributed by atoms with E-state index >= 15 is 0 Å². The molecule has 0 aromatic heterocycles. The molecule has 0 spiro atoms. The van der Waals surface area contributed by atoms with Crippen LogP contribution in [0.1, 0.15) is 19.8 Å². The molecule has 0 aliphatic carbocycles. The summed E-state index contributed by atoms with van der Waals surface area (Å²) in [7, 11) is 4.26. The number of nitrogens with one attached hydrogen (secondary N) is 1. The normalized spacial score (nSPS) is 34.1. The highest BCUT2D eigenvalue weighted by molar-refractivity contribution is 4.78. The summed E-state index contributed by atoms with van der Waals surface area (Å²) < 4.78 is 0. The van der Waals surface area contributed by atoms with Crippen molar-refractivity contribution in [1.29, 1.82) is 0 Å². The van der Waals surface area contributed by atoms with Gasteiger partial charge in [-0.15, -0.1) is 0 Å². The van der Waals surface area contributed by atoms with Crippen LogP contribution in [0.15, 0.2) is 0 Å². The van der Waals surface area contributed by atoms with Gasteiger partial charge in [0.15, 0.2) is 0 Å². The average molecular weight is 156 g/mol. The quantitative estimate of drug-likeness (QED) is 0.640. The van der Waals surface area contributed by atoms with Gasteiger partial charge < -0.3 is 10.2 Å². The van der Waals surface area contributed by atoms with Crippen molar-refractivity contribution < 1.29 is 0 Å². The van der Waals surface area contributed by atoms with Crippen LogP contribution in [-0.2, 0) is 0 Å². The van der Waals surface area contributed by atoms with Gasteiger partial charge in [-0.1, -0.05) is 6.92 Å². The van der Waals surface area contributed by atoms with E-state index in [0.29, 0.717) is 0 Å². The highest BCUT2D eigenvalue weighted by Crippen LogP contribution is 2.20. The van der Waals surface area contributed by atoms with E-state index in [-0.39, 0.29) is 0 Å². The summed E-state index contributed by atoms with van der Waals surface area (Å²) in [4.78, 5) is 2.47. The lowest BCUT2D eigenvalue weighted by atomic mass is 9.93. The van der Waals surface area contributed by atoms with Gasteiger partial charge in [-0.3, -0.25) is 0 Å². The maximum absolute atomic E-state index is 3.25. The van der Waals surface area contributed by atoms with Crippen LogP contribution in [0.3, 0.4) is 0 Å². The summed E-state index contributed by atoms with van der Waals surface area (Å²) in [5.41, 5.74) is 0. The summed E-state index contributed by atoms with van der Waals surface area (Å²) in [5.74, 6) is 0.921. The number of rotatable bonds is 2. The van der Waals surface area contributed by atoms with Crippen molar-refractivity contribution in [2.45, 2.75) is 25.8 Å². The predicted molar refractivity (Wildman–Crippen MR) is 48.7 cm³/mol. The molecule has 2 atom stereocenters. The fraction of sp³-hybridized carbons (Fsp3) is 1.00. The fourth-order valence-corrected chi connectivity index (χ4v) is 1.84. The molecule has 1 fully saturated rings. The largest absolute Gasteiger partial charge is 0.318 e. The molecule has 0 aromatic rings. The van der Waals surface area contributed by atoms with Gasteiger partial charge in [-0.2, -0.15) is 0 Å². The number of likely N-dealkylation sites (tertiary alicyclic amines) is 1. The van der Waals surface area contributed by atoms with Crippen LogP contribution in [0.25, 0.3) is 0 Å². The van der Waals surface area contributed by atoms with E-state index in [0.717, 1.165) is 18.5 Å². The minimum Gasteiger partial charge on any atom is -0.318 e. The monoisotopic (exact) mass is 156 g/mol. The topological polar surface area (TPSA) is 15.3 Å². The number of hydrogen-bond donors (Lipinski definition) is 1. The lowest BCUT2D eigenvalue weighted by Crippen LogP contribution is -2.44. The molecule has 66 valence electrons. The third kappa shape index (κ3) is 2.46. The van der Waals surface area contributed by atoms with Gasteiger partial charge in [0.25, 0.3) is 0 Å². The average Bonchev–Trinajstić information content (AvgIpc) is 1.98. The summed E-state index contributed by atoms with van der Waals surface area (Å²) in [6.45, 7) is 4.77. The highest BCUT2D eigenvalue weighted by atomic mass is 15.2. The zero-order valence-corrected chi connectivity index (χ0v) is 7.93. The Kier molecular flexibility index (Phi) is 3.34. The first-order valence-electron chi connectivity index (χ1n) is 4.59. The van der Waals surface area contributed by atoms with E-state index in [2.05, 4.69) is 24.2 Å². The second-order valence-corrected chi connectivity index (χ2v) is 3.82. The van der Waals surface area contributed by atoms with Crippen molar-refractivity contribution in [2.75, 3.05) is 27.2 Å². The molecule has 1 saturated heterocycles. The first-order valence-corrected chi connectivity index (χ1v) is 4.59. The molecule has 2 nitrogen and oxygen atoms in total. The number of hydrogen-bond acceptors (Lipinski definition) is 2. The van der Waals surface area contributed by atoms with Crippen LogP contribution in [0.4, 0.5) is 0 Å². The van der Waals surface area contributed by atoms with Crippen LogP contribution in [0, 0.1) is 5.92 Å². The smallest absolute Gasteiger partial charge is 0.0220 e. The van der Waals surface area contributed by atoms with Gasteiger partial charge in [0.2, 0.25) is 0 Å². The summed E-state index contributed by atoms with van der Waals surface area (Å²) in [5, 5.41) is 3.25. The van der Waals surface area contributed by atoms with Gasteiger partial charge in [-0.05, 0) is 39.4 Å². The molecule has 11 heavy (non-hydrogen) atoms. The molecule has 0 amide bonds. The molecule has 0 aromatic carbocycles. The zero-order chi connectivity index (χ0) is 8.27. The van der Waals surface area contributed by atoms with Crippen molar-refractivity contribution in [3.05, 3.63) is 0 Å². The third-order valence-corrected chi connectivity index (χ3v) is 2.71. The van der Waals surface area contributed by atoms with Crippen LogP contribution in [-0.4, -0.2) is 38.1 Å². The first kappa shape index (κ1) is 9.01. The molecule has 2 heteroatoms. The molecule has 1 N–H and O–H groups in total. The standard InChI is InChI=1S/C9H20N2/c1-8-4-5-11(3)9(6-8)7-10-2/h8-10H,4-7H2,1-3H3. The van der Waals surface area contributed by atoms with Gasteiger partial charge in [-0.25, -0.2) is 0 Å². The molecule has 0 radical (unpaired) electrons. The van der Waals surface area contributed by atoms with Crippen LogP contribution < -0.4 is 5.32 Å². The Hall–Kier alpha value is -0.0800. The highest BCUT2D eigenvalue weighted by Gasteiger charge is 2.22. The Morgan fingerprint density at radius 1 is 1.55 bits per heavy atom. The second kappa shape index (κ2) is 4.07. The van der Waals surface area contributed by atoms with E-state index in [1.807, 2.05) is 7.05 Å². The van der Waals surface area contributed by atoms with E-state index in [1.54, 1.807) is 0 Å². The molecule has 1 rings (SSSR count). The lowest BCUT2D eigenvalue weighted by molar-refractivity contribution is 0.148. The molecular weight excluding hydrogens is 136 g/mol. The third-order valence-electron chi connectivity index (χ3n) is 2.71. The van der Waals surface area contributed by atoms with Crippen LogP contribution in [0.5, 0.6) is 0 Å². The minimum absolute atomic E-state index is 0.767. The van der Waals surface area contributed by atoms with Crippen LogP contribution in [0.2, 0.25) is 0 Å². The first-order chi connectivity index (χ1) is 5.24. The molecule has 1 heterocycles. The van der Waals surface area contributed by atoms with Gasteiger partial charge in [0.1, 0.15) is 0 Å². The van der Waals surface area contributed by atoms with Gasteiger partial charge in [0, 0.05) is 12.6 Å². The molecule has 0 bridgehead atoms. The van der Waals surface area contributed by atoms with E-state index in [1.165, 1.54) is 19.4 Å². The van der Waals surface area contributed by atoms with Crippen LogP contribution >= 0.6 is 0 Å². The van der Waals surface area contributed by atoms with E-state index in [9.17, 15) is 0 Å². The predicted octanol–water partition coefficient (Wildman–Crippen LogP) is 0.936. The maximum atomic E-state index is 3.25. The summed E-state index contributed by atoms with van der Waals surface area (Å²) >= 11 is 0. The SMILES string of the molecule is CNCC1CC(C)CCN1C. The fourth-order valence-electron chi connectivity index (χ4n) is 1.84. The Bertz CT molecular complexity index is 114.